The molecule has 0 atom stereocenters. The van der Waals surface area contributed by atoms with Crippen molar-refractivity contribution in [1.29, 1.82) is 0 Å². The first kappa shape index (κ1) is 15.0. The average molecular weight is 297 g/mol. The zero-order valence-corrected chi connectivity index (χ0v) is 12.4. The van der Waals surface area contributed by atoms with Gasteiger partial charge >= 0.3 is 5.97 Å². The lowest BCUT2D eigenvalue weighted by Crippen LogP contribution is -2.36. The molecule has 1 aliphatic rings. The quantitative estimate of drug-likeness (QED) is 0.795. The lowest BCUT2D eigenvalue weighted by molar-refractivity contribution is 0.0600. The first-order valence-corrected chi connectivity index (χ1v) is 8.29. The standard InChI is InChI=1S/C14H19NO4S/c1-19-14(16)13-7-5-6-12(10-13)11-20(17,18)15-8-3-2-4-9-15/h5-7,10H,2-4,8-9,11H2,1H3. The molecule has 1 aromatic rings. The Hall–Kier alpha value is -1.40. The van der Waals surface area contributed by atoms with E-state index in [-0.39, 0.29) is 5.75 Å². The van der Waals surface area contributed by atoms with Crippen molar-refractivity contribution in [1.82, 2.24) is 4.31 Å². The van der Waals surface area contributed by atoms with E-state index in [9.17, 15) is 13.2 Å². The van der Waals surface area contributed by atoms with E-state index in [1.807, 2.05) is 0 Å². The van der Waals surface area contributed by atoms with Crippen LogP contribution in [0.25, 0.3) is 0 Å². The van der Waals surface area contributed by atoms with Crippen LogP contribution in [-0.4, -0.2) is 38.9 Å². The molecule has 6 heteroatoms. The van der Waals surface area contributed by atoms with Crippen LogP contribution >= 0.6 is 0 Å². The minimum Gasteiger partial charge on any atom is -0.465 e. The van der Waals surface area contributed by atoms with Gasteiger partial charge in [0.05, 0.1) is 18.4 Å². The zero-order valence-electron chi connectivity index (χ0n) is 11.5. The summed E-state index contributed by atoms with van der Waals surface area (Å²) < 4.78 is 30.8. The van der Waals surface area contributed by atoms with E-state index in [2.05, 4.69) is 4.74 Å². The minimum absolute atomic E-state index is 0.0716. The van der Waals surface area contributed by atoms with Crippen LogP contribution < -0.4 is 0 Å². The predicted molar refractivity (Wildman–Crippen MR) is 75.8 cm³/mol. The number of benzene rings is 1. The lowest BCUT2D eigenvalue weighted by Gasteiger charge is -2.25. The fourth-order valence-electron chi connectivity index (χ4n) is 2.35. The highest BCUT2D eigenvalue weighted by Crippen LogP contribution is 2.18. The number of hydrogen-bond acceptors (Lipinski definition) is 4. The number of nitrogens with zero attached hydrogens (tertiary/aromatic N) is 1. The summed E-state index contributed by atoms with van der Waals surface area (Å²) in [6, 6.07) is 6.58. The topological polar surface area (TPSA) is 63.7 Å². The Morgan fingerprint density at radius 3 is 2.60 bits per heavy atom. The van der Waals surface area contributed by atoms with Crippen molar-refractivity contribution in [3.8, 4) is 0 Å². The Morgan fingerprint density at radius 2 is 1.95 bits per heavy atom. The summed E-state index contributed by atoms with van der Waals surface area (Å²) in [4.78, 5) is 11.5. The molecule has 0 unspecified atom stereocenters. The number of carbonyl (C=O) groups is 1. The van der Waals surface area contributed by atoms with E-state index in [0.717, 1.165) is 19.3 Å². The van der Waals surface area contributed by atoms with Gasteiger partial charge in [-0.3, -0.25) is 0 Å². The van der Waals surface area contributed by atoms with E-state index in [4.69, 9.17) is 0 Å². The molecule has 1 saturated heterocycles. The molecule has 0 N–H and O–H groups in total. The van der Waals surface area contributed by atoms with Gasteiger partial charge in [-0.1, -0.05) is 18.6 Å². The number of piperidine rings is 1. The van der Waals surface area contributed by atoms with Gasteiger partial charge < -0.3 is 4.74 Å². The Morgan fingerprint density at radius 1 is 1.25 bits per heavy atom. The van der Waals surface area contributed by atoms with Gasteiger partial charge in [0.15, 0.2) is 0 Å². The van der Waals surface area contributed by atoms with Gasteiger partial charge in [-0.2, -0.15) is 0 Å². The molecular weight excluding hydrogens is 278 g/mol. The van der Waals surface area contributed by atoms with Crippen LogP contribution in [0.5, 0.6) is 0 Å². The van der Waals surface area contributed by atoms with Gasteiger partial charge in [-0.25, -0.2) is 17.5 Å². The van der Waals surface area contributed by atoms with Crippen LogP contribution in [0.2, 0.25) is 0 Å². The number of methoxy groups -OCH3 is 1. The first-order chi connectivity index (χ1) is 9.53. The van der Waals surface area contributed by atoms with Gasteiger partial charge in [0, 0.05) is 13.1 Å². The summed E-state index contributed by atoms with van der Waals surface area (Å²) in [6.07, 6.45) is 2.92. The smallest absolute Gasteiger partial charge is 0.337 e. The monoisotopic (exact) mass is 297 g/mol. The van der Waals surface area contributed by atoms with Crippen LogP contribution in [0.3, 0.4) is 0 Å². The maximum atomic E-state index is 12.3. The second-order valence-corrected chi connectivity index (χ2v) is 6.88. The van der Waals surface area contributed by atoms with Crippen LogP contribution in [0.1, 0.15) is 35.2 Å². The van der Waals surface area contributed by atoms with Crippen LogP contribution in [0.4, 0.5) is 0 Å². The summed E-state index contributed by atoms with van der Waals surface area (Å²) in [7, 11) is -2.00. The van der Waals surface area contributed by atoms with E-state index >= 15 is 0 Å². The van der Waals surface area contributed by atoms with E-state index in [0.29, 0.717) is 24.2 Å². The molecule has 1 fully saturated rings. The SMILES string of the molecule is COC(=O)c1cccc(CS(=O)(=O)N2CCCCC2)c1. The van der Waals surface area contributed by atoms with Crippen molar-refractivity contribution < 1.29 is 17.9 Å². The third kappa shape index (κ3) is 3.58. The first-order valence-electron chi connectivity index (χ1n) is 6.68. The highest BCUT2D eigenvalue weighted by Gasteiger charge is 2.24. The second-order valence-electron chi connectivity index (χ2n) is 4.91. The van der Waals surface area contributed by atoms with E-state index < -0.39 is 16.0 Å². The molecule has 0 spiro atoms. The Kier molecular flexibility index (Phi) is 4.77. The summed E-state index contributed by atoms with van der Waals surface area (Å²) in [6.45, 7) is 1.19. The summed E-state index contributed by atoms with van der Waals surface area (Å²) >= 11 is 0. The second kappa shape index (κ2) is 6.37. The normalized spacial score (nSPS) is 16.9. The molecule has 1 aliphatic heterocycles. The van der Waals surface area contributed by atoms with Crippen molar-refractivity contribution in [3.05, 3.63) is 35.4 Å². The number of sulfonamides is 1. The molecule has 20 heavy (non-hydrogen) atoms. The number of esters is 1. The molecule has 0 aliphatic carbocycles. The average Bonchev–Trinajstić information content (AvgIpc) is 2.47. The molecule has 0 amide bonds. The Labute approximate surface area is 119 Å². The van der Waals surface area contributed by atoms with Crippen LogP contribution in [0, 0.1) is 0 Å². The van der Waals surface area contributed by atoms with Gasteiger partial charge in [0.1, 0.15) is 0 Å². The van der Waals surface area contributed by atoms with Crippen molar-refractivity contribution in [3.63, 3.8) is 0 Å². The highest BCUT2D eigenvalue weighted by molar-refractivity contribution is 7.88. The molecule has 0 aromatic heterocycles. The van der Waals surface area contributed by atoms with Crippen molar-refractivity contribution in [2.75, 3.05) is 20.2 Å². The summed E-state index contributed by atoms with van der Waals surface area (Å²) in [5.74, 6) is -0.528. The molecule has 110 valence electrons. The molecular formula is C14H19NO4S. The highest BCUT2D eigenvalue weighted by atomic mass is 32.2. The maximum absolute atomic E-state index is 12.3. The van der Waals surface area contributed by atoms with Gasteiger partial charge in [-0.15, -0.1) is 0 Å². The largest absolute Gasteiger partial charge is 0.465 e. The summed E-state index contributed by atoms with van der Waals surface area (Å²) in [5, 5.41) is 0. The predicted octanol–water partition coefficient (Wildman–Crippen LogP) is 1.79. The van der Waals surface area contributed by atoms with Crippen molar-refractivity contribution >= 4 is 16.0 Å². The fourth-order valence-corrected chi connectivity index (χ4v) is 3.95. The molecule has 5 nitrogen and oxygen atoms in total. The third-order valence-electron chi connectivity index (χ3n) is 3.41. The third-order valence-corrected chi connectivity index (χ3v) is 5.26. The Bertz CT molecular complexity index is 577. The molecule has 0 radical (unpaired) electrons. The van der Waals surface area contributed by atoms with Crippen molar-refractivity contribution in [2.45, 2.75) is 25.0 Å². The van der Waals surface area contributed by atoms with Gasteiger partial charge in [0.2, 0.25) is 10.0 Å². The molecule has 2 rings (SSSR count). The van der Waals surface area contributed by atoms with Crippen molar-refractivity contribution in [2.24, 2.45) is 0 Å². The molecule has 1 heterocycles. The zero-order chi connectivity index (χ0) is 14.6. The van der Waals surface area contributed by atoms with Crippen LogP contribution in [-0.2, 0) is 20.5 Å². The summed E-state index contributed by atoms with van der Waals surface area (Å²) in [5.41, 5.74) is 0.984. The van der Waals surface area contributed by atoms with E-state index in [1.54, 1.807) is 28.6 Å². The number of carbonyl (C=O) groups excluding carboxylic acids is 1. The molecule has 0 bridgehead atoms. The molecule has 0 saturated carbocycles. The molecule has 1 aromatic carbocycles. The van der Waals surface area contributed by atoms with E-state index in [1.165, 1.54) is 7.11 Å². The van der Waals surface area contributed by atoms with Crippen LogP contribution in [0.15, 0.2) is 24.3 Å². The number of ether oxygens (including phenoxy) is 1. The number of hydrogen-bond donors (Lipinski definition) is 0. The Balaban J connectivity index is 2.14. The maximum Gasteiger partial charge on any atom is 0.337 e. The van der Waals surface area contributed by atoms with Gasteiger partial charge in [-0.05, 0) is 30.5 Å². The van der Waals surface area contributed by atoms with Gasteiger partial charge in [0.25, 0.3) is 0 Å². The number of rotatable bonds is 4. The lowest BCUT2D eigenvalue weighted by atomic mass is 10.1. The minimum atomic E-state index is -3.30. The fraction of sp³-hybridized carbons (Fsp3) is 0.500.